The highest BCUT2D eigenvalue weighted by atomic mass is 32.1. The van der Waals surface area contributed by atoms with Gasteiger partial charge in [-0.2, -0.15) is 0 Å². The van der Waals surface area contributed by atoms with Crippen LogP contribution in [0.25, 0.3) is 0 Å². The lowest BCUT2D eigenvalue weighted by Crippen LogP contribution is -2.45. The minimum atomic E-state index is -0.347. The number of ether oxygens (including phenoxy) is 2. The van der Waals surface area contributed by atoms with E-state index in [9.17, 15) is 10.1 Å². The van der Waals surface area contributed by atoms with Crippen LogP contribution in [0.5, 0.6) is 11.5 Å². The second-order valence-electron chi connectivity index (χ2n) is 5.73. The molecule has 0 amide bonds. The summed E-state index contributed by atoms with van der Waals surface area (Å²) in [4.78, 5) is 14.7. The molecule has 0 spiro atoms. The number of thiophene rings is 1. The van der Waals surface area contributed by atoms with Crippen molar-refractivity contribution >= 4 is 17.0 Å². The molecule has 1 aromatic heterocycles. The normalized spacial score (nSPS) is 16.4. The molecule has 0 unspecified atom stereocenters. The van der Waals surface area contributed by atoms with Crippen molar-refractivity contribution in [2.24, 2.45) is 0 Å². The van der Waals surface area contributed by atoms with Gasteiger partial charge in [0, 0.05) is 31.1 Å². The fraction of sp³-hybridized carbons (Fsp3) is 0.412. The zero-order chi connectivity index (χ0) is 17.8. The molecule has 1 aliphatic heterocycles. The lowest BCUT2D eigenvalue weighted by Gasteiger charge is -2.34. The van der Waals surface area contributed by atoms with Crippen LogP contribution in [0.15, 0.2) is 29.6 Å². The highest BCUT2D eigenvalue weighted by molar-refractivity contribution is 7.10. The van der Waals surface area contributed by atoms with Crippen molar-refractivity contribution in [3.8, 4) is 11.5 Å². The van der Waals surface area contributed by atoms with Crippen LogP contribution in [-0.4, -0.2) is 50.2 Å². The van der Waals surface area contributed by atoms with E-state index in [1.165, 1.54) is 13.2 Å². The van der Waals surface area contributed by atoms with Crippen LogP contribution in [-0.2, 0) is 0 Å². The number of methoxy groups -OCH3 is 2. The summed E-state index contributed by atoms with van der Waals surface area (Å²) in [5.74, 6) is 0.864. The molecule has 134 valence electrons. The minimum Gasteiger partial charge on any atom is -0.493 e. The Morgan fingerprint density at radius 3 is 2.48 bits per heavy atom. The Bertz CT molecular complexity index is 730. The monoisotopic (exact) mass is 363 g/mol. The Hall–Kier alpha value is -2.16. The zero-order valence-electron chi connectivity index (χ0n) is 14.2. The lowest BCUT2D eigenvalue weighted by atomic mass is 9.99. The second-order valence-corrected chi connectivity index (χ2v) is 6.71. The number of hydrogen-bond acceptors (Lipinski definition) is 7. The van der Waals surface area contributed by atoms with E-state index in [1.54, 1.807) is 24.5 Å². The SMILES string of the molecule is COc1cc([C@@H](c2cccs2)N2CCNCC2)c([N+](=O)[O-])cc1OC. The molecule has 0 radical (unpaired) electrons. The standard InChI is InChI=1S/C17H21N3O4S/c1-23-14-10-12(13(20(21)22)11-15(14)24-2)17(16-4-3-9-25-16)19-7-5-18-6-8-19/h3-4,9-11,17-18H,5-8H2,1-2H3/t17-/m0/s1. The van der Waals surface area contributed by atoms with E-state index in [2.05, 4.69) is 10.2 Å². The molecule has 1 atom stereocenters. The van der Waals surface area contributed by atoms with Crippen LogP contribution < -0.4 is 14.8 Å². The number of piperazine rings is 1. The molecule has 0 saturated carbocycles. The first-order valence-electron chi connectivity index (χ1n) is 8.04. The minimum absolute atomic E-state index is 0.0505. The molecular weight excluding hydrogens is 342 g/mol. The smallest absolute Gasteiger partial charge is 0.278 e. The highest BCUT2D eigenvalue weighted by Crippen LogP contribution is 2.42. The first-order chi connectivity index (χ1) is 12.2. The number of benzene rings is 1. The Balaban J connectivity index is 2.15. The largest absolute Gasteiger partial charge is 0.493 e. The van der Waals surface area contributed by atoms with Crippen molar-refractivity contribution in [3.05, 3.63) is 50.2 Å². The second kappa shape index (κ2) is 7.81. The van der Waals surface area contributed by atoms with Gasteiger partial charge in [0.05, 0.1) is 36.8 Å². The van der Waals surface area contributed by atoms with Gasteiger partial charge in [-0.3, -0.25) is 15.0 Å². The molecule has 3 rings (SSSR count). The Morgan fingerprint density at radius 2 is 1.92 bits per heavy atom. The maximum Gasteiger partial charge on any atom is 0.278 e. The Kier molecular flexibility index (Phi) is 5.52. The Labute approximate surface area is 150 Å². The first kappa shape index (κ1) is 17.7. The predicted molar refractivity (Wildman–Crippen MR) is 96.8 cm³/mol. The van der Waals surface area contributed by atoms with Crippen LogP contribution in [0, 0.1) is 10.1 Å². The van der Waals surface area contributed by atoms with E-state index >= 15 is 0 Å². The van der Waals surface area contributed by atoms with Gasteiger partial charge in [-0.15, -0.1) is 11.3 Å². The summed E-state index contributed by atoms with van der Waals surface area (Å²) >= 11 is 1.61. The molecule has 1 aromatic carbocycles. The number of nitro groups is 1. The van der Waals surface area contributed by atoms with E-state index in [0.717, 1.165) is 31.1 Å². The van der Waals surface area contributed by atoms with Crippen molar-refractivity contribution in [1.29, 1.82) is 0 Å². The summed E-state index contributed by atoms with van der Waals surface area (Å²) in [5.41, 5.74) is 0.682. The molecule has 0 aliphatic carbocycles. The molecule has 1 fully saturated rings. The van der Waals surface area contributed by atoms with Gasteiger partial charge in [-0.1, -0.05) is 6.07 Å². The number of nitrogens with one attached hydrogen (secondary N) is 1. The third kappa shape index (κ3) is 3.60. The molecule has 25 heavy (non-hydrogen) atoms. The maximum absolute atomic E-state index is 11.7. The van der Waals surface area contributed by atoms with Gasteiger partial charge in [0.1, 0.15) is 0 Å². The number of rotatable bonds is 6. The predicted octanol–water partition coefficient (Wildman–Crippen LogP) is 2.67. The number of hydrogen-bond donors (Lipinski definition) is 1. The molecule has 1 aliphatic rings. The fourth-order valence-corrected chi connectivity index (χ4v) is 4.05. The van der Waals surface area contributed by atoms with Gasteiger partial charge in [-0.25, -0.2) is 0 Å². The summed E-state index contributed by atoms with van der Waals surface area (Å²) in [6, 6.07) is 7.02. The van der Waals surface area contributed by atoms with Crippen molar-refractivity contribution < 1.29 is 14.4 Å². The molecule has 2 aromatic rings. The van der Waals surface area contributed by atoms with Crippen LogP contribution in [0.3, 0.4) is 0 Å². The van der Waals surface area contributed by atoms with E-state index in [1.807, 2.05) is 17.5 Å². The van der Waals surface area contributed by atoms with Gasteiger partial charge < -0.3 is 14.8 Å². The summed E-state index contributed by atoms with van der Waals surface area (Å²) in [7, 11) is 3.02. The van der Waals surface area contributed by atoms with Crippen molar-refractivity contribution in [2.45, 2.75) is 6.04 Å². The third-order valence-electron chi connectivity index (χ3n) is 4.35. The maximum atomic E-state index is 11.7. The van der Waals surface area contributed by atoms with Gasteiger partial charge in [0.2, 0.25) is 0 Å². The zero-order valence-corrected chi connectivity index (χ0v) is 15.0. The quantitative estimate of drug-likeness (QED) is 0.628. The molecule has 8 heteroatoms. The average molecular weight is 363 g/mol. The summed E-state index contributed by atoms with van der Waals surface area (Å²) in [6.45, 7) is 3.38. The van der Waals surface area contributed by atoms with Crippen molar-refractivity contribution in [3.63, 3.8) is 0 Å². The fourth-order valence-electron chi connectivity index (χ4n) is 3.18. The number of nitro benzene ring substituents is 1. The number of nitrogens with zero attached hydrogens (tertiary/aromatic N) is 2. The van der Waals surface area contributed by atoms with Gasteiger partial charge in [0.15, 0.2) is 11.5 Å². The topological polar surface area (TPSA) is 76.9 Å². The van der Waals surface area contributed by atoms with Crippen LogP contribution in [0.2, 0.25) is 0 Å². The van der Waals surface area contributed by atoms with Crippen LogP contribution in [0.4, 0.5) is 5.69 Å². The first-order valence-corrected chi connectivity index (χ1v) is 8.92. The van der Waals surface area contributed by atoms with E-state index in [4.69, 9.17) is 9.47 Å². The van der Waals surface area contributed by atoms with Crippen LogP contribution in [0.1, 0.15) is 16.5 Å². The molecule has 1 N–H and O–H groups in total. The summed E-state index contributed by atoms with van der Waals surface area (Å²) < 4.78 is 10.6. The van der Waals surface area contributed by atoms with Crippen molar-refractivity contribution in [2.75, 3.05) is 40.4 Å². The summed E-state index contributed by atoms with van der Waals surface area (Å²) in [5, 5.41) is 17.1. The molecular formula is C17H21N3O4S. The van der Waals surface area contributed by atoms with Gasteiger partial charge in [0.25, 0.3) is 5.69 Å². The highest BCUT2D eigenvalue weighted by Gasteiger charge is 2.32. The van der Waals surface area contributed by atoms with E-state index in [0.29, 0.717) is 17.1 Å². The summed E-state index contributed by atoms with van der Waals surface area (Å²) in [6.07, 6.45) is 0. The lowest BCUT2D eigenvalue weighted by molar-refractivity contribution is -0.386. The molecule has 0 bridgehead atoms. The molecule has 1 saturated heterocycles. The van der Waals surface area contributed by atoms with E-state index < -0.39 is 0 Å². The van der Waals surface area contributed by atoms with Crippen molar-refractivity contribution in [1.82, 2.24) is 10.2 Å². The Morgan fingerprint density at radius 1 is 1.24 bits per heavy atom. The third-order valence-corrected chi connectivity index (χ3v) is 5.28. The molecule has 2 heterocycles. The van der Waals surface area contributed by atoms with E-state index in [-0.39, 0.29) is 16.7 Å². The average Bonchev–Trinajstić information content (AvgIpc) is 3.16. The molecule has 7 nitrogen and oxygen atoms in total. The van der Waals surface area contributed by atoms with Gasteiger partial charge >= 0.3 is 0 Å². The van der Waals surface area contributed by atoms with Crippen LogP contribution >= 0.6 is 11.3 Å². The van der Waals surface area contributed by atoms with Gasteiger partial charge in [-0.05, 0) is 17.5 Å².